The minimum Gasteiger partial charge on any atom is -0.351 e. The van der Waals surface area contributed by atoms with Crippen LogP contribution in [0.3, 0.4) is 0 Å². The van der Waals surface area contributed by atoms with E-state index in [2.05, 4.69) is 75.4 Å². The van der Waals surface area contributed by atoms with E-state index in [0.29, 0.717) is 17.0 Å². The minimum atomic E-state index is -0.348. The number of hydrogen-bond donors (Lipinski definition) is 3. The molecule has 3 N–H and O–H groups in total. The summed E-state index contributed by atoms with van der Waals surface area (Å²) >= 11 is 0.924. The highest BCUT2D eigenvalue weighted by Gasteiger charge is 2.29. The molecule has 2 amide bonds. The van der Waals surface area contributed by atoms with Gasteiger partial charge in [0, 0.05) is 30.5 Å². The van der Waals surface area contributed by atoms with Gasteiger partial charge >= 0.3 is 0 Å². The second-order valence-electron chi connectivity index (χ2n) is 8.98. The SMILES string of the molecule is CN(C1CCC(NCc2cccc3ccccc23)CC1)C1N=CC=C(/C=C2\SC(=O)NC2=O)N1. The van der Waals surface area contributed by atoms with E-state index in [4.69, 9.17) is 0 Å². The zero-order valence-corrected chi connectivity index (χ0v) is 20.0. The summed E-state index contributed by atoms with van der Waals surface area (Å²) in [6, 6.07) is 16.0. The molecule has 0 spiro atoms. The molecule has 0 aromatic heterocycles. The third-order valence-electron chi connectivity index (χ3n) is 6.83. The maximum Gasteiger partial charge on any atom is 0.290 e. The lowest BCUT2D eigenvalue weighted by atomic mass is 9.90. The quantitative estimate of drug-likeness (QED) is 0.550. The molecular weight excluding hydrogens is 446 g/mol. The molecular formula is C26H29N5O2S. The molecule has 1 aliphatic carbocycles. The van der Waals surface area contributed by atoms with Crippen molar-refractivity contribution >= 4 is 39.9 Å². The molecule has 1 saturated heterocycles. The van der Waals surface area contributed by atoms with Crippen LogP contribution in [0.1, 0.15) is 31.2 Å². The molecule has 2 fully saturated rings. The van der Waals surface area contributed by atoms with Crippen molar-refractivity contribution in [3.63, 3.8) is 0 Å². The van der Waals surface area contributed by atoms with Crippen molar-refractivity contribution in [3.05, 3.63) is 70.8 Å². The topological polar surface area (TPSA) is 85.8 Å². The largest absolute Gasteiger partial charge is 0.351 e. The van der Waals surface area contributed by atoms with Crippen molar-refractivity contribution in [2.75, 3.05) is 7.05 Å². The smallest absolute Gasteiger partial charge is 0.290 e. The normalized spacial score (nSPS) is 26.1. The van der Waals surface area contributed by atoms with Crippen LogP contribution >= 0.6 is 11.8 Å². The second-order valence-corrected chi connectivity index (χ2v) is 10.00. The highest BCUT2D eigenvalue weighted by atomic mass is 32.2. The molecule has 2 aromatic carbocycles. The lowest BCUT2D eigenvalue weighted by Gasteiger charge is -2.39. The lowest BCUT2D eigenvalue weighted by Crippen LogP contribution is -2.50. The van der Waals surface area contributed by atoms with Crippen molar-refractivity contribution in [2.45, 2.75) is 50.6 Å². The second kappa shape index (κ2) is 10.1. The van der Waals surface area contributed by atoms with Gasteiger partial charge in [-0.25, -0.2) is 0 Å². The van der Waals surface area contributed by atoms with Crippen molar-refractivity contribution in [1.82, 2.24) is 20.9 Å². The van der Waals surface area contributed by atoms with Gasteiger partial charge in [-0.05, 0) is 73.0 Å². The van der Waals surface area contributed by atoms with E-state index in [1.54, 1.807) is 12.3 Å². The Bertz CT molecular complexity index is 1180. The molecule has 2 aromatic rings. The molecule has 2 aliphatic heterocycles. The predicted molar refractivity (Wildman–Crippen MR) is 137 cm³/mol. The maximum absolute atomic E-state index is 11.8. The first-order chi connectivity index (χ1) is 16.6. The zero-order valence-electron chi connectivity index (χ0n) is 19.2. The summed E-state index contributed by atoms with van der Waals surface area (Å²) in [5, 5.41) is 11.7. The highest BCUT2D eigenvalue weighted by Crippen LogP contribution is 2.27. The third kappa shape index (κ3) is 5.09. The Kier molecular flexibility index (Phi) is 6.80. The molecule has 8 heteroatoms. The van der Waals surface area contributed by atoms with Gasteiger partial charge in [-0.3, -0.25) is 24.8 Å². The molecule has 1 saturated carbocycles. The molecule has 7 nitrogen and oxygen atoms in total. The van der Waals surface area contributed by atoms with Crippen molar-refractivity contribution in [2.24, 2.45) is 4.99 Å². The molecule has 5 rings (SSSR count). The van der Waals surface area contributed by atoms with Crippen LogP contribution in [0.25, 0.3) is 10.8 Å². The Morgan fingerprint density at radius 2 is 1.91 bits per heavy atom. The molecule has 2 heterocycles. The number of nitrogens with zero attached hydrogens (tertiary/aromatic N) is 2. The summed E-state index contributed by atoms with van der Waals surface area (Å²) < 4.78 is 0. The van der Waals surface area contributed by atoms with Gasteiger partial charge in [-0.1, -0.05) is 42.5 Å². The molecule has 3 aliphatic rings. The number of hydrogen-bond acceptors (Lipinski definition) is 7. The number of nitrogens with one attached hydrogen (secondary N) is 3. The van der Waals surface area contributed by atoms with Gasteiger partial charge in [0.1, 0.15) is 0 Å². The standard InChI is InChI=1S/C26H29N5O2S/c1-31(25-27-14-13-20(29-25)15-23-24(32)30-26(33)34-23)21-11-9-19(10-12-21)28-16-18-7-4-6-17-5-2-3-8-22(17)18/h2-8,13-15,19,21,25,28-29H,9-12,16H2,1H3,(H,30,32,33)/b23-15-. The fourth-order valence-electron chi connectivity index (χ4n) is 4.89. The number of carbonyl (C=O) groups excluding carboxylic acids is 2. The van der Waals surface area contributed by atoms with Crippen LogP contribution in [0.4, 0.5) is 4.79 Å². The first-order valence-corrected chi connectivity index (χ1v) is 12.6. The Labute approximate surface area is 203 Å². The van der Waals surface area contributed by atoms with E-state index in [1.807, 2.05) is 6.08 Å². The number of fused-ring (bicyclic) bond motifs is 1. The predicted octanol–water partition coefficient (Wildman–Crippen LogP) is 3.88. The average Bonchev–Trinajstić information content (AvgIpc) is 3.18. The molecule has 1 unspecified atom stereocenters. The Morgan fingerprint density at radius 3 is 2.71 bits per heavy atom. The first kappa shape index (κ1) is 22.8. The van der Waals surface area contributed by atoms with E-state index in [9.17, 15) is 9.59 Å². The molecule has 0 radical (unpaired) electrons. The number of rotatable bonds is 6. The Morgan fingerprint density at radius 1 is 1.12 bits per heavy atom. The summed E-state index contributed by atoms with van der Waals surface area (Å²) in [6.07, 6.45) is 9.57. The number of benzene rings is 2. The van der Waals surface area contributed by atoms with Gasteiger partial charge in [-0.15, -0.1) is 0 Å². The Balaban J connectivity index is 1.13. The summed E-state index contributed by atoms with van der Waals surface area (Å²) in [5.41, 5.74) is 2.13. The van der Waals surface area contributed by atoms with Gasteiger partial charge in [0.05, 0.1) is 4.91 Å². The highest BCUT2D eigenvalue weighted by molar-refractivity contribution is 8.18. The van der Waals surface area contributed by atoms with Crippen LogP contribution in [-0.4, -0.2) is 47.7 Å². The number of thioether (sulfide) groups is 1. The molecule has 1 atom stereocenters. The van der Waals surface area contributed by atoms with Crippen molar-refractivity contribution < 1.29 is 9.59 Å². The minimum absolute atomic E-state index is 0.188. The summed E-state index contributed by atoms with van der Waals surface area (Å²) in [7, 11) is 2.10. The van der Waals surface area contributed by atoms with Crippen LogP contribution in [0.2, 0.25) is 0 Å². The lowest BCUT2D eigenvalue weighted by molar-refractivity contribution is -0.115. The van der Waals surface area contributed by atoms with E-state index >= 15 is 0 Å². The zero-order chi connectivity index (χ0) is 23.5. The fraction of sp³-hybridized carbons (Fsp3) is 0.346. The van der Waals surface area contributed by atoms with E-state index in [-0.39, 0.29) is 17.4 Å². The monoisotopic (exact) mass is 475 g/mol. The Hall–Kier alpha value is -2.94. The van der Waals surface area contributed by atoms with E-state index in [1.165, 1.54) is 16.3 Å². The first-order valence-electron chi connectivity index (χ1n) is 11.7. The van der Waals surface area contributed by atoms with Crippen LogP contribution in [0.5, 0.6) is 0 Å². The van der Waals surface area contributed by atoms with Gasteiger partial charge in [0.15, 0.2) is 6.29 Å². The molecule has 0 bridgehead atoms. The van der Waals surface area contributed by atoms with Crippen LogP contribution in [-0.2, 0) is 11.3 Å². The number of allylic oxidation sites excluding steroid dienone is 2. The van der Waals surface area contributed by atoms with Crippen molar-refractivity contribution in [1.29, 1.82) is 0 Å². The van der Waals surface area contributed by atoms with Crippen LogP contribution < -0.4 is 16.0 Å². The van der Waals surface area contributed by atoms with Gasteiger partial charge in [-0.2, -0.15) is 0 Å². The van der Waals surface area contributed by atoms with Gasteiger partial charge in [0.2, 0.25) is 0 Å². The van der Waals surface area contributed by atoms with Crippen LogP contribution in [0.15, 0.2) is 70.2 Å². The van der Waals surface area contributed by atoms with E-state index in [0.717, 1.165) is 49.7 Å². The number of aliphatic imine (C=N–C) groups is 1. The number of imide groups is 1. The number of carbonyl (C=O) groups is 2. The molecule has 176 valence electrons. The summed E-state index contributed by atoms with van der Waals surface area (Å²) in [4.78, 5) is 30.5. The van der Waals surface area contributed by atoms with Gasteiger partial charge < -0.3 is 10.6 Å². The third-order valence-corrected chi connectivity index (χ3v) is 7.64. The maximum atomic E-state index is 11.8. The summed E-state index contributed by atoms with van der Waals surface area (Å²) in [6.45, 7) is 0.887. The fourth-order valence-corrected chi connectivity index (χ4v) is 5.56. The van der Waals surface area contributed by atoms with Crippen LogP contribution in [0, 0.1) is 0 Å². The average molecular weight is 476 g/mol. The van der Waals surface area contributed by atoms with Crippen molar-refractivity contribution in [3.8, 4) is 0 Å². The van der Waals surface area contributed by atoms with Gasteiger partial charge in [0.25, 0.3) is 11.1 Å². The van der Waals surface area contributed by atoms with E-state index < -0.39 is 0 Å². The summed E-state index contributed by atoms with van der Waals surface area (Å²) in [5.74, 6) is -0.348. The molecule has 34 heavy (non-hydrogen) atoms. The number of amides is 2.